The Morgan fingerprint density at radius 3 is 2.44 bits per heavy atom. The van der Waals surface area contributed by atoms with Gasteiger partial charge in [0.1, 0.15) is 0 Å². The molecule has 0 atom stereocenters. The molecule has 1 heterocycles. The molecule has 0 radical (unpaired) electrons. The highest BCUT2D eigenvalue weighted by atomic mass is 16.2. The zero-order valence-electron chi connectivity index (χ0n) is 10.00. The molecule has 92 valence electrons. The lowest BCUT2D eigenvalue weighted by atomic mass is 10.1. The van der Waals surface area contributed by atoms with Crippen LogP contribution in [0, 0.1) is 0 Å². The Morgan fingerprint density at radius 1 is 1.17 bits per heavy atom. The maximum atomic E-state index is 12.3. The summed E-state index contributed by atoms with van der Waals surface area (Å²) in [6, 6.07) is 8.37. The second-order valence-electron chi connectivity index (χ2n) is 3.92. The van der Waals surface area contributed by atoms with E-state index in [1.807, 2.05) is 0 Å². The second-order valence-corrected chi connectivity index (χ2v) is 3.92. The number of anilines is 3. The molecule has 18 heavy (non-hydrogen) atoms. The van der Waals surface area contributed by atoms with E-state index in [9.17, 15) is 4.79 Å². The summed E-state index contributed by atoms with van der Waals surface area (Å²) in [5.74, 6) is -0.182. The Morgan fingerprint density at radius 2 is 1.83 bits per heavy atom. The summed E-state index contributed by atoms with van der Waals surface area (Å²) in [4.78, 5) is 17.7. The molecule has 0 unspecified atom stereocenters. The van der Waals surface area contributed by atoms with Gasteiger partial charge in [0.05, 0.1) is 5.56 Å². The Bertz CT molecular complexity index is 568. The van der Waals surface area contributed by atoms with Crippen molar-refractivity contribution >= 4 is 23.0 Å². The van der Waals surface area contributed by atoms with Crippen molar-refractivity contribution in [2.45, 2.75) is 0 Å². The SMILES string of the molecule is CN(C(=O)c1ccc(N)cc1N)c1ccncc1. The predicted molar refractivity (Wildman–Crippen MR) is 72.2 cm³/mol. The van der Waals surface area contributed by atoms with Gasteiger partial charge in [0, 0.05) is 36.5 Å². The number of carbonyl (C=O) groups excluding carboxylic acids is 1. The van der Waals surface area contributed by atoms with Crippen LogP contribution in [0.2, 0.25) is 0 Å². The Balaban J connectivity index is 2.32. The molecule has 0 aliphatic rings. The molecular weight excluding hydrogens is 228 g/mol. The molecule has 5 nitrogen and oxygen atoms in total. The summed E-state index contributed by atoms with van der Waals surface area (Å²) < 4.78 is 0. The van der Waals surface area contributed by atoms with Crippen LogP contribution in [-0.4, -0.2) is 17.9 Å². The van der Waals surface area contributed by atoms with Gasteiger partial charge in [-0.15, -0.1) is 0 Å². The quantitative estimate of drug-likeness (QED) is 0.782. The molecule has 0 aliphatic heterocycles. The van der Waals surface area contributed by atoms with E-state index in [1.165, 1.54) is 4.90 Å². The van der Waals surface area contributed by atoms with Crippen molar-refractivity contribution in [1.82, 2.24) is 4.98 Å². The molecule has 1 aromatic carbocycles. The third kappa shape index (κ3) is 2.24. The van der Waals surface area contributed by atoms with Crippen molar-refractivity contribution in [2.75, 3.05) is 23.4 Å². The molecule has 0 spiro atoms. The summed E-state index contributed by atoms with van der Waals surface area (Å²) in [5.41, 5.74) is 13.5. The van der Waals surface area contributed by atoms with Crippen molar-refractivity contribution in [1.29, 1.82) is 0 Å². The van der Waals surface area contributed by atoms with Gasteiger partial charge in [-0.3, -0.25) is 9.78 Å². The number of nitrogens with two attached hydrogens (primary N) is 2. The fourth-order valence-electron chi connectivity index (χ4n) is 1.64. The first-order valence-electron chi connectivity index (χ1n) is 5.42. The zero-order valence-corrected chi connectivity index (χ0v) is 10.00. The highest BCUT2D eigenvalue weighted by molar-refractivity contribution is 6.09. The zero-order chi connectivity index (χ0) is 13.1. The lowest BCUT2D eigenvalue weighted by Gasteiger charge is -2.18. The Kier molecular flexibility index (Phi) is 3.14. The largest absolute Gasteiger partial charge is 0.399 e. The smallest absolute Gasteiger partial charge is 0.260 e. The van der Waals surface area contributed by atoms with Crippen LogP contribution in [0.1, 0.15) is 10.4 Å². The summed E-state index contributed by atoms with van der Waals surface area (Å²) in [7, 11) is 1.69. The van der Waals surface area contributed by atoms with E-state index in [2.05, 4.69) is 4.98 Å². The summed E-state index contributed by atoms with van der Waals surface area (Å²) in [6.45, 7) is 0. The molecule has 4 N–H and O–H groups in total. The fraction of sp³-hybridized carbons (Fsp3) is 0.0769. The molecule has 0 saturated carbocycles. The first-order chi connectivity index (χ1) is 8.59. The second kappa shape index (κ2) is 4.75. The Hall–Kier alpha value is -2.56. The monoisotopic (exact) mass is 242 g/mol. The number of hydrogen-bond acceptors (Lipinski definition) is 4. The summed E-state index contributed by atoms with van der Waals surface area (Å²) in [5, 5.41) is 0. The first kappa shape index (κ1) is 11.9. The highest BCUT2D eigenvalue weighted by Gasteiger charge is 2.15. The number of amides is 1. The fourth-order valence-corrected chi connectivity index (χ4v) is 1.64. The van der Waals surface area contributed by atoms with E-state index in [1.54, 1.807) is 49.8 Å². The van der Waals surface area contributed by atoms with Crippen molar-refractivity contribution in [3.8, 4) is 0 Å². The topological polar surface area (TPSA) is 85.2 Å². The van der Waals surface area contributed by atoms with Gasteiger partial charge in [0.2, 0.25) is 0 Å². The summed E-state index contributed by atoms with van der Waals surface area (Å²) >= 11 is 0. The standard InChI is InChI=1S/C13H14N4O/c1-17(10-4-6-16-7-5-10)13(18)11-3-2-9(14)8-12(11)15/h2-8H,14-15H2,1H3. The molecule has 2 rings (SSSR count). The average molecular weight is 242 g/mol. The van der Waals surface area contributed by atoms with Gasteiger partial charge in [-0.25, -0.2) is 0 Å². The van der Waals surface area contributed by atoms with Crippen LogP contribution >= 0.6 is 0 Å². The normalized spacial score (nSPS) is 10.1. The number of carbonyl (C=O) groups is 1. The molecule has 0 saturated heterocycles. The first-order valence-corrected chi connectivity index (χ1v) is 5.42. The summed E-state index contributed by atoms with van der Waals surface area (Å²) in [6.07, 6.45) is 3.26. The third-order valence-electron chi connectivity index (χ3n) is 2.66. The number of nitrogen functional groups attached to an aromatic ring is 2. The minimum absolute atomic E-state index is 0.182. The minimum atomic E-state index is -0.182. The van der Waals surface area contributed by atoms with Gasteiger partial charge in [0.25, 0.3) is 5.91 Å². The van der Waals surface area contributed by atoms with Crippen LogP contribution in [0.3, 0.4) is 0 Å². The van der Waals surface area contributed by atoms with Gasteiger partial charge in [-0.1, -0.05) is 0 Å². The van der Waals surface area contributed by atoms with Gasteiger partial charge in [0.15, 0.2) is 0 Å². The molecule has 1 amide bonds. The Labute approximate surface area is 105 Å². The van der Waals surface area contributed by atoms with Crippen LogP contribution < -0.4 is 16.4 Å². The maximum absolute atomic E-state index is 12.3. The number of hydrogen-bond donors (Lipinski definition) is 2. The highest BCUT2D eigenvalue weighted by Crippen LogP contribution is 2.20. The predicted octanol–water partition coefficient (Wildman–Crippen LogP) is 1.52. The van der Waals surface area contributed by atoms with E-state index < -0.39 is 0 Å². The number of nitrogens with zero attached hydrogens (tertiary/aromatic N) is 2. The van der Waals surface area contributed by atoms with E-state index in [-0.39, 0.29) is 5.91 Å². The van der Waals surface area contributed by atoms with Crippen molar-refractivity contribution < 1.29 is 4.79 Å². The van der Waals surface area contributed by atoms with Gasteiger partial charge in [-0.05, 0) is 30.3 Å². The number of pyridine rings is 1. The number of benzene rings is 1. The van der Waals surface area contributed by atoms with Crippen LogP contribution in [0.25, 0.3) is 0 Å². The molecule has 1 aromatic heterocycles. The van der Waals surface area contributed by atoms with Gasteiger partial charge < -0.3 is 16.4 Å². The number of rotatable bonds is 2. The lowest BCUT2D eigenvalue weighted by Crippen LogP contribution is -2.27. The molecule has 5 heteroatoms. The molecule has 0 fully saturated rings. The average Bonchev–Trinajstić information content (AvgIpc) is 2.38. The number of aromatic nitrogens is 1. The molecule has 0 bridgehead atoms. The maximum Gasteiger partial charge on any atom is 0.260 e. The van der Waals surface area contributed by atoms with Crippen molar-refractivity contribution in [3.63, 3.8) is 0 Å². The lowest BCUT2D eigenvalue weighted by molar-refractivity contribution is 0.0994. The molecule has 2 aromatic rings. The van der Waals surface area contributed by atoms with Crippen molar-refractivity contribution in [2.24, 2.45) is 0 Å². The van der Waals surface area contributed by atoms with E-state index >= 15 is 0 Å². The van der Waals surface area contributed by atoms with Crippen LogP contribution in [0.15, 0.2) is 42.7 Å². The van der Waals surface area contributed by atoms with Crippen molar-refractivity contribution in [3.05, 3.63) is 48.3 Å². The third-order valence-corrected chi connectivity index (χ3v) is 2.66. The van der Waals surface area contributed by atoms with Gasteiger partial charge >= 0.3 is 0 Å². The van der Waals surface area contributed by atoms with Gasteiger partial charge in [-0.2, -0.15) is 0 Å². The minimum Gasteiger partial charge on any atom is -0.399 e. The molecular formula is C13H14N4O. The van der Waals surface area contributed by atoms with E-state index in [4.69, 9.17) is 11.5 Å². The molecule has 0 aliphatic carbocycles. The van der Waals surface area contributed by atoms with E-state index in [0.717, 1.165) is 5.69 Å². The van der Waals surface area contributed by atoms with Crippen LogP contribution in [-0.2, 0) is 0 Å². The van der Waals surface area contributed by atoms with Crippen LogP contribution in [0.5, 0.6) is 0 Å². The van der Waals surface area contributed by atoms with Crippen LogP contribution in [0.4, 0.5) is 17.1 Å². The van der Waals surface area contributed by atoms with E-state index in [0.29, 0.717) is 16.9 Å².